The molecule has 2 heterocycles. The van der Waals surface area contributed by atoms with Gasteiger partial charge in [-0.05, 0) is 26.0 Å². The quantitative estimate of drug-likeness (QED) is 0.900. The van der Waals surface area contributed by atoms with Gasteiger partial charge in [-0.3, -0.25) is 4.79 Å². The number of anilines is 2. The van der Waals surface area contributed by atoms with E-state index >= 15 is 0 Å². The van der Waals surface area contributed by atoms with Crippen LogP contribution in [0.25, 0.3) is 0 Å². The monoisotopic (exact) mass is 330 g/mol. The number of amides is 3. The van der Waals surface area contributed by atoms with E-state index in [0.29, 0.717) is 29.4 Å². The standard InChI is InChI=1S/C16H18N4O4/c1-9-12(10(2)24-19-9)7-20(3)16(22)17-11-4-5-13-14(6-11)23-8-15(21)18-13/h4-6H,7-8H2,1-3H3,(H,17,22)(H,18,21). The minimum absolute atomic E-state index is 0.0314. The van der Waals surface area contributed by atoms with E-state index in [1.54, 1.807) is 25.2 Å². The van der Waals surface area contributed by atoms with Crippen molar-refractivity contribution in [1.82, 2.24) is 10.1 Å². The van der Waals surface area contributed by atoms with Crippen molar-refractivity contribution in [2.45, 2.75) is 20.4 Å². The van der Waals surface area contributed by atoms with Gasteiger partial charge in [0.05, 0.1) is 17.9 Å². The van der Waals surface area contributed by atoms with E-state index in [2.05, 4.69) is 15.8 Å². The molecule has 0 bridgehead atoms. The Balaban J connectivity index is 1.67. The highest BCUT2D eigenvalue weighted by Gasteiger charge is 2.18. The van der Waals surface area contributed by atoms with Crippen LogP contribution in [0.4, 0.5) is 16.2 Å². The summed E-state index contributed by atoms with van der Waals surface area (Å²) in [7, 11) is 1.69. The Morgan fingerprint density at radius 1 is 1.42 bits per heavy atom. The van der Waals surface area contributed by atoms with Gasteiger partial charge in [-0.1, -0.05) is 5.16 Å². The van der Waals surface area contributed by atoms with Crippen LogP contribution in [-0.2, 0) is 11.3 Å². The summed E-state index contributed by atoms with van der Waals surface area (Å²) in [4.78, 5) is 25.1. The minimum Gasteiger partial charge on any atom is -0.482 e. The number of carbonyl (C=O) groups is 2. The Labute approximate surface area is 138 Å². The van der Waals surface area contributed by atoms with Crippen LogP contribution in [0.2, 0.25) is 0 Å². The number of hydrogen-bond acceptors (Lipinski definition) is 5. The molecule has 1 aliphatic heterocycles. The number of fused-ring (bicyclic) bond motifs is 1. The molecule has 1 aromatic heterocycles. The van der Waals surface area contributed by atoms with Gasteiger partial charge in [0, 0.05) is 24.4 Å². The van der Waals surface area contributed by atoms with Crippen molar-refractivity contribution < 1.29 is 18.8 Å². The average molecular weight is 330 g/mol. The third-order valence-corrected chi connectivity index (χ3v) is 3.79. The zero-order valence-corrected chi connectivity index (χ0v) is 13.7. The zero-order chi connectivity index (χ0) is 17.3. The highest BCUT2D eigenvalue weighted by Crippen LogP contribution is 2.30. The van der Waals surface area contributed by atoms with Crippen molar-refractivity contribution in [3.8, 4) is 5.75 Å². The summed E-state index contributed by atoms with van der Waals surface area (Å²) in [5, 5.41) is 9.38. The van der Waals surface area contributed by atoms with E-state index in [-0.39, 0.29) is 18.5 Å². The number of aromatic nitrogens is 1. The number of nitrogens with one attached hydrogen (secondary N) is 2. The Hall–Kier alpha value is -3.03. The molecule has 0 spiro atoms. The van der Waals surface area contributed by atoms with Crippen molar-refractivity contribution in [2.75, 3.05) is 24.3 Å². The minimum atomic E-state index is -0.269. The van der Waals surface area contributed by atoms with Crippen LogP contribution < -0.4 is 15.4 Å². The number of nitrogens with zero attached hydrogens (tertiary/aromatic N) is 2. The van der Waals surface area contributed by atoms with Gasteiger partial charge < -0.3 is 24.8 Å². The number of carbonyl (C=O) groups excluding carboxylic acids is 2. The lowest BCUT2D eigenvalue weighted by Crippen LogP contribution is -2.31. The molecule has 24 heavy (non-hydrogen) atoms. The first-order valence-corrected chi connectivity index (χ1v) is 7.44. The molecule has 0 saturated carbocycles. The number of ether oxygens (including phenoxy) is 1. The van der Waals surface area contributed by atoms with Crippen LogP contribution in [0.1, 0.15) is 17.0 Å². The lowest BCUT2D eigenvalue weighted by molar-refractivity contribution is -0.118. The maximum absolute atomic E-state index is 12.3. The fourth-order valence-corrected chi connectivity index (χ4v) is 2.41. The maximum atomic E-state index is 12.3. The molecule has 126 valence electrons. The van der Waals surface area contributed by atoms with Crippen LogP contribution in [0.5, 0.6) is 5.75 Å². The van der Waals surface area contributed by atoms with Gasteiger partial charge in [0.25, 0.3) is 5.91 Å². The summed E-state index contributed by atoms with van der Waals surface area (Å²) in [6, 6.07) is 4.80. The van der Waals surface area contributed by atoms with E-state index in [1.165, 1.54) is 4.90 Å². The van der Waals surface area contributed by atoms with Gasteiger partial charge in [0.2, 0.25) is 0 Å². The Kier molecular flexibility index (Phi) is 4.11. The average Bonchev–Trinajstić information content (AvgIpc) is 2.86. The Bertz CT molecular complexity index is 780. The van der Waals surface area contributed by atoms with E-state index < -0.39 is 0 Å². The van der Waals surface area contributed by atoms with Crippen molar-refractivity contribution in [2.24, 2.45) is 0 Å². The summed E-state index contributed by atoms with van der Waals surface area (Å²) in [6.07, 6.45) is 0. The molecule has 8 nitrogen and oxygen atoms in total. The lowest BCUT2D eigenvalue weighted by Gasteiger charge is -2.20. The molecule has 0 unspecified atom stereocenters. The fraction of sp³-hybridized carbons (Fsp3) is 0.312. The topological polar surface area (TPSA) is 96.7 Å². The van der Waals surface area contributed by atoms with Crippen molar-refractivity contribution in [3.63, 3.8) is 0 Å². The second kappa shape index (κ2) is 6.23. The molecular weight excluding hydrogens is 312 g/mol. The predicted octanol–water partition coefficient (Wildman–Crippen LogP) is 2.29. The molecule has 2 N–H and O–H groups in total. The van der Waals surface area contributed by atoms with E-state index in [4.69, 9.17) is 9.26 Å². The Morgan fingerprint density at radius 2 is 2.21 bits per heavy atom. The molecule has 2 aromatic rings. The van der Waals surface area contributed by atoms with Gasteiger partial charge in [-0.25, -0.2) is 4.79 Å². The molecule has 8 heteroatoms. The maximum Gasteiger partial charge on any atom is 0.321 e. The molecule has 0 fully saturated rings. The SMILES string of the molecule is Cc1noc(C)c1CN(C)C(=O)Nc1ccc2c(c1)OCC(=O)N2. The van der Waals surface area contributed by atoms with Crippen molar-refractivity contribution in [3.05, 3.63) is 35.2 Å². The molecule has 0 aliphatic carbocycles. The first-order valence-electron chi connectivity index (χ1n) is 7.44. The van der Waals surface area contributed by atoms with Gasteiger partial charge >= 0.3 is 6.03 Å². The van der Waals surface area contributed by atoms with Crippen LogP contribution in [0, 0.1) is 13.8 Å². The largest absolute Gasteiger partial charge is 0.482 e. The highest BCUT2D eigenvalue weighted by molar-refractivity contribution is 5.96. The van der Waals surface area contributed by atoms with Gasteiger partial charge in [0.15, 0.2) is 6.61 Å². The molecule has 3 amide bonds. The molecule has 0 atom stereocenters. The van der Waals surface area contributed by atoms with E-state index in [1.807, 2.05) is 13.8 Å². The van der Waals surface area contributed by atoms with Crippen molar-refractivity contribution >= 4 is 23.3 Å². The molecule has 0 radical (unpaired) electrons. The summed E-state index contributed by atoms with van der Waals surface area (Å²) in [5.41, 5.74) is 2.84. The van der Waals surface area contributed by atoms with E-state index in [9.17, 15) is 9.59 Å². The smallest absolute Gasteiger partial charge is 0.321 e. The molecule has 1 aliphatic rings. The first-order chi connectivity index (χ1) is 11.4. The summed E-state index contributed by atoms with van der Waals surface area (Å²) < 4.78 is 10.4. The van der Waals surface area contributed by atoms with Crippen LogP contribution in [0.3, 0.4) is 0 Å². The third-order valence-electron chi connectivity index (χ3n) is 3.79. The van der Waals surface area contributed by atoms with Crippen LogP contribution >= 0.6 is 0 Å². The molecule has 0 saturated heterocycles. The second-order valence-corrected chi connectivity index (χ2v) is 5.64. The third kappa shape index (κ3) is 3.17. The van der Waals surface area contributed by atoms with Crippen molar-refractivity contribution in [1.29, 1.82) is 0 Å². The summed E-state index contributed by atoms with van der Waals surface area (Å²) >= 11 is 0. The zero-order valence-electron chi connectivity index (χ0n) is 13.7. The number of urea groups is 1. The van der Waals surface area contributed by atoms with Crippen LogP contribution in [0.15, 0.2) is 22.7 Å². The fourth-order valence-electron chi connectivity index (χ4n) is 2.41. The summed E-state index contributed by atoms with van der Waals surface area (Å²) in [5.74, 6) is 1.03. The normalized spacial score (nSPS) is 12.9. The second-order valence-electron chi connectivity index (χ2n) is 5.64. The highest BCUT2D eigenvalue weighted by atomic mass is 16.5. The molecular formula is C16H18N4O4. The molecule has 1 aromatic carbocycles. The number of hydrogen-bond donors (Lipinski definition) is 2. The van der Waals surface area contributed by atoms with Gasteiger partial charge in [-0.15, -0.1) is 0 Å². The van der Waals surface area contributed by atoms with Gasteiger partial charge in [-0.2, -0.15) is 0 Å². The van der Waals surface area contributed by atoms with E-state index in [0.717, 1.165) is 11.3 Å². The predicted molar refractivity (Wildman–Crippen MR) is 87.0 cm³/mol. The number of aryl methyl sites for hydroxylation is 2. The van der Waals surface area contributed by atoms with Gasteiger partial charge in [0.1, 0.15) is 11.5 Å². The van der Waals surface area contributed by atoms with Crippen LogP contribution in [-0.4, -0.2) is 35.6 Å². The number of rotatable bonds is 3. The molecule has 3 rings (SSSR count). The lowest BCUT2D eigenvalue weighted by atomic mass is 10.2. The number of benzene rings is 1. The first kappa shape index (κ1) is 15.9. The summed E-state index contributed by atoms with van der Waals surface area (Å²) in [6.45, 7) is 4.02. The Morgan fingerprint density at radius 3 is 2.92 bits per heavy atom.